The molecule has 0 saturated carbocycles. The van der Waals surface area contributed by atoms with Crippen LogP contribution in [0.3, 0.4) is 0 Å². The molecule has 1 aromatic carbocycles. The highest BCUT2D eigenvalue weighted by Crippen LogP contribution is 2.32. The summed E-state index contributed by atoms with van der Waals surface area (Å²) in [7, 11) is 0. The van der Waals surface area contributed by atoms with Gasteiger partial charge >= 0.3 is 6.18 Å². The van der Waals surface area contributed by atoms with Gasteiger partial charge in [0.05, 0.1) is 5.56 Å². The van der Waals surface area contributed by atoms with Crippen molar-refractivity contribution in [2.24, 2.45) is 0 Å². The molecule has 0 aliphatic carbocycles. The van der Waals surface area contributed by atoms with E-state index in [1.54, 1.807) is 0 Å². The zero-order chi connectivity index (χ0) is 14.5. The molecule has 0 atom stereocenters. The van der Waals surface area contributed by atoms with Gasteiger partial charge in [-0.25, -0.2) is 4.39 Å². The number of hydrogen-bond donors (Lipinski definition) is 1. The van der Waals surface area contributed by atoms with Gasteiger partial charge in [-0.2, -0.15) is 13.2 Å². The Kier molecular flexibility index (Phi) is 5.60. The van der Waals surface area contributed by atoms with Crippen molar-refractivity contribution in [1.29, 1.82) is 0 Å². The predicted molar refractivity (Wildman–Crippen MR) is 67.7 cm³/mol. The highest BCUT2D eigenvalue weighted by molar-refractivity contribution is 5.47. The number of anilines is 1. The molecule has 0 bridgehead atoms. The lowest BCUT2D eigenvalue weighted by Gasteiger charge is -2.18. The Balaban J connectivity index is 2.65. The quantitative estimate of drug-likeness (QED) is 0.800. The number of likely N-dealkylation sites (N-methyl/N-ethyl adjacent to an activating group) is 1. The molecule has 0 fully saturated rings. The summed E-state index contributed by atoms with van der Waals surface area (Å²) in [5, 5.41) is 2.88. The van der Waals surface area contributed by atoms with Crippen LogP contribution in [0.5, 0.6) is 0 Å². The van der Waals surface area contributed by atoms with Crippen LogP contribution < -0.4 is 5.32 Å². The van der Waals surface area contributed by atoms with Crippen LogP contribution in [0.25, 0.3) is 0 Å². The molecule has 2 nitrogen and oxygen atoms in total. The van der Waals surface area contributed by atoms with Crippen molar-refractivity contribution in [3.8, 4) is 0 Å². The molecule has 1 N–H and O–H groups in total. The first-order valence-electron chi connectivity index (χ1n) is 6.21. The summed E-state index contributed by atoms with van der Waals surface area (Å²) in [5.74, 6) is -1.25. The number of alkyl halides is 3. The summed E-state index contributed by atoms with van der Waals surface area (Å²) in [6.45, 7) is 7.05. The second-order valence-corrected chi connectivity index (χ2v) is 4.15. The fourth-order valence-electron chi connectivity index (χ4n) is 1.75. The van der Waals surface area contributed by atoms with Crippen molar-refractivity contribution >= 4 is 5.69 Å². The summed E-state index contributed by atoms with van der Waals surface area (Å²) in [6, 6.07) is 2.95. The van der Waals surface area contributed by atoms with Crippen LogP contribution >= 0.6 is 0 Å². The molecule has 0 aliphatic rings. The van der Waals surface area contributed by atoms with E-state index in [9.17, 15) is 17.6 Å². The molecule has 19 heavy (non-hydrogen) atoms. The topological polar surface area (TPSA) is 15.3 Å². The van der Waals surface area contributed by atoms with E-state index >= 15 is 0 Å². The standard InChI is InChI=1S/C13H18F4N2/c1-3-19(4-2)8-7-18-10-5-6-12(14)11(9-10)13(15,16)17/h5-6,9,18H,3-4,7-8H2,1-2H3. The molecule has 0 aromatic heterocycles. The van der Waals surface area contributed by atoms with Crippen molar-refractivity contribution in [3.63, 3.8) is 0 Å². The first-order chi connectivity index (χ1) is 8.88. The van der Waals surface area contributed by atoms with Crippen molar-refractivity contribution in [2.75, 3.05) is 31.5 Å². The summed E-state index contributed by atoms with van der Waals surface area (Å²) in [4.78, 5) is 2.14. The average molecular weight is 278 g/mol. The third-order valence-corrected chi connectivity index (χ3v) is 2.92. The van der Waals surface area contributed by atoms with Crippen molar-refractivity contribution in [2.45, 2.75) is 20.0 Å². The Hall–Kier alpha value is -1.30. The van der Waals surface area contributed by atoms with Gasteiger partial charge in [0, 0.05) is 18.8 Å². The first kappa shape index (κ1) is 15.8. The largest absolute Gasteiger partial charge is 0.419 e. The Morgan fingerprint density at radius 2 is 1.79 bits per heavy atom. The summed E-state index contributed by atoms with van der Waals surface area (Å²) >= 11 is 0. The van der Waals surface area contributed by atoms with E-state index in [1.165, 1.54) is 6.07 Å². The third-order valence-electron chi connectivity index (χ3n) is 2.92. The number of rotatable bonds is 6. The highest BCUT2D eigenvalue weighted by atomic mass is 19.4. The molecule has 0 aliphatic heterocycles. The van der Waals surface area contributed by atoms with Crippen LogP contribution in [0.1, 0.15) is 19.4 Å². The van der Waals surface area contributed by atoms with Crippen molar-refractivity contribution in [1.82, 2.24) is 4.90 Å². The fraction of sp³-hybridized carbons (Fsp3) is 0.538. The van der Waals surface area contributed by atoms with Crippen LogP contribution in [0.2, 0.25) is 0 Å². The molecule has 0 unspecified atom stereocenters. The van der Waals surface area contributed by atoms with E-state index in [0.29, 0.717) is 6.54 Å². The van der Waals surface area contributed by atoms with Gasteiger partial charge in [-0.1, -0.05) is 13.8 Å². The molecule has 0 saturated heterocycles. The van der Waals surface area contributed by atoms with Gasteiger partial charge < -0.3 is 10.2 Å². The van der Waals surface area contributed by atoms with Gasteiger partial charge in [-0.05, 0) is 31.3 Å². The monoisotopic (exact) mass is 278 g/mol. The predicted octanol–water partition coefficient (Wildman–Crippen LogP) is 3.60. The summed E-state index contributed by atoms with van der Waals surface area (Å²) in [5.41, 5.74) is -0.957. The van der Waals surface area contributed by atoms with E-state index in [2.05, 4.69) is 10.2 Å². The van der Waals surface area contributed by atoms with Gasteiger partial charge in [0.15, 0.2) is 0 Å². The Morgan fingerprint density at radius 1 is 1.16 bits per heavy atom. The second kappa shape index (κ2) is 6.75. The minimum Gasteiger partial charge on any atom is -0.384 e. The maximum atomic E-state index is 13.1. The Morgan fingerprint density at radius 3 is 2.32 bits per heavy atom. The van der Waals surface area contributed by atoms with Crippen LogP contribution in [0, 0.1) is 5.82 Å². The second-order valence-electron chi connectivity index (χ2n) is 4.15. The minimum atomic E-state index is -4.67. The summed E-state index contributed by atoms with van der Waals surface area (Å²) < 4.78 is 50.6. The molecule has 0 amide bonds. The SMILES string of the molecule is CCN(CC)CCNc1ccc(F)c(C(F)(F)F)c1. The van der Waals surface area contributed by atoms with E-state index in [1.807, 2.05) is 13.8 Å². The molecule has 1 aromatic rings. The van der Waals surface area contributed by atoms with Gasteiger partial charge in [-0.15, -0.1) is 0 Å². The number of nitrogens with one attached hydrogen (secondary N) is 1. The van der Waals surface area contributed by atoms with Crippen molar-refractivity contribution < 1.29 is 17.6 Å². The van der Waals surface area contributed by atoms with Crippen molar-refractivity contribution in [3.05, 3.63) is 29.6 Å². The van der Waals surface area contributed by atoms with E-state index in [0.717, 1.165) is 31.8 Å². The molecule has 6 heteroatoms. The van der Waals surface area contributed by atoms with Gasteiger partial charge in [0.25, 0.3) is 0 Å². The van der Waals surface area contributed by atoms with E-state index < -0.39 is 17.6 Å². The normalized spacial score (nSPS) is 11.9. The zero-order valence-corrected chi connectivity index (χ0v) is 11.0. The lowest BCUT2D eigenvalue weighted by Crippen LogP contribution is -2.28. The van der Waals surface area contributed by atoms with Crippen LogP contribution in [-0.2, 0) is 6.18 Å². The lowest BCUT2D eigenvalue weighted by atomic mass is 10.2. The first-order valence-corrected chi connectivity index (χ1v) is 6.21. The van der Waals surface area contributed by atoms with Gasteiger partial charge in [0.2, 0.25) is 0 Å². The molecule has 0 heterocycles. The van der Waals surface area contributed by atoms with Gasteiger partial charge in [-0.3, -0.25) is 0 Å². The van der Waals surface area contributed by atoms with E-state index in [4.69, 9.17) is 0 Å². The van der Waals surface area contributed by atoms with E-state index in [-0.39, 0.29) is 5.69 Å². The Bertz CT molecular complexity index is 400. The number of halogens is 4. The maximum Gasteiger partial charge on any atom is 0.419 e. The maximum absolute atomic E-state index is 13.1. The zero-order valence-electron chi connectivity index (χ0n) is 11.0. The van der Waals surface area contributed by atoms with Crippen LogP contribution in [-0.4, -0.2) is 31.1 Å². The molecule has 0 spiro atoms. The molecule has 108 valence electrons. The minimum absolute atomic E-state index is 0.279. The van der Waals surface area contributed by atoms with Crippen LogP contribution in [0.15, 0.2) is 18.2 Å². The number of benzene rings is 1. The summed E-state index contributed by atoms with van der Waals surface area (Å²) in [6.07, 6.45) is -4.67. The number of hydrogen-bond acceptors (Lipinski definition) is 2. The fourth-order valence-corrected chi connectivity index (χ4v) is 1.75. The molecular formula is C13H18F4N2. The Labute approximate surface area is 110 Å². The highest BCUT2D eigenvalue weighted by Gasteiger charge is 2.34. The molecule has 1 rings (SSSR count). The number of nitrogens with zero attached hydrogens (tertiary/aromatic N) is 1. The third kappa shape index (κ3) is 4.70. The lowest BCUT2D eigenvalue weighted by molar-refractivity contribution is -0.139. The average Bonchev–Trinajstić information content (AvgIpc) is 2.35. The van der Waals surface area contributed by atoms with Crippen LogP contribution in [0.4, 0.5) is 23.2 Å². The molecular weight excluding hydrogens is 260 g/mol. The molecule has 0 radical (unpaired) electrons. The smallest absolute Gasteiger partial charge is 0.384 e. The van der Waals surface area contributed by atoms with Gasteiger partial charge in [0.1, 0.15) is 5.82 Å².